The minimum absolute atomic E-state index is 0.151. The lowest BCUT2D eigenvalue weighted by Crippen LogP contribution is -2.47. The van der Waals surface area contributed by atoms with Gasteiger partial charge in [0.1, 0.15) is 0 Å². The first-order valence-corrected chi connectivity index (χ1v) is 9.12. The number of anilines is 2. The first-order chi connectivity index (χ1) is 13.8. The number of carbonyl (C=O) groups is 1. The standard InChI is InChI=1S/C17H21N5O3S/c1-11(13-3-4-14-15(9-13)25-10-24-14)21-5-7-22(8-6-21)17-20-19-16(26-17)18-12(2)23/h3-4,9,11H,5-8,10H2,1-2H3,(H,18,19,23)/i1D3. The quantitative estimate of drug-likeness (QED) is 0.873. The van der Waals surface area contributed by atoms with Crippen molar-refractivity contribution in [2.75, 3.05) is 43.2 Å². The molecule has 2 aliphatic heterocycles. The van der Waals surface area contributed by atoms with Crippen LogP contribution in [0.15, 0.2) is 18.2 Å². The van der Waals surface area contributed by atoms with E-state index < -0.39 is 12.9 Å². The molecule has 1 N–H and O–H groups in total. The van der Waals surface area contributed by atoms with Crippen molar-refractivity contribution in [1.82, 2.24) is 15.1 Å². The molecule has 26 heavy (non-hydrogen) atoms. The lowest BCUT2D eigenvalue weighted by molar-refractivity contribution is -0.114. The summed E-state index contributed by atoms with van der Waals surface area (Å²) >= 11 is 1.30. The number of ether oxygens (including phenoxy) is 2. The second-order valence-electron chi connectivity index (χ2n) is 6.11. The summed E-state index contributed by atoms with van der Waals surface area (Å²) in [5.41, 5.74) is 0.687. The largest absolute Gasteiger partial charge is 0.454 e. The van der Waals surface area contributed by atoms with Crippen LogP contribution >= 0.6 is 11.3 Å². The molecule has 1 atom stereocenters. The topological polar surface area (TPSA) is 79.8 Å². The molecule has 2 aliphatic rings. The number of nitrogens with zero attached hydrogens (tertiary/aromatic N) is 4. The van der Waals surface area contributed by atoms with Crippen LogP contribution < -0.4 is 19.7 Å². The van der Waals surface area contributed by atoms with Crippen molar-refractivity contribution < 1.29 is 18.4 Å². The van der Waals surface area contributed by atoms with Gasteiger partial charge in [0.15, 0.2) is 11.5 Å². The predicted molar refractivity (Wildman–Crippen MR) is 99.0 cm³/mol. The number of carbonyl (C=O) groups excluding carboxylic acids is 1. The highest BCUT2D eigenvalue weighted by Gasteiger charge is 2.25. The summed E-state index contributed by atoms with van der Waals surface area (Å²) < 4.78 is 35.0. The lowest BCUT2D eigenvalue weighted by Gasteiger charge is -2.38. The first-order valence-electron chi connectivity index (χ1n) is 9.81. The van der Waals surface area contributed by atoms with E-state index in [9.17, 15) is 4.79 Å². The molecule has 0 saturated carbocycles. The molecule has 4 rings (SSSR count). The lowest BCUT2D eigenvalue weighted by atomic mass is 10.1. The van der Waals surface area contributed by atoms with Crippen LogP contribution in [0.2, 0.25) is 0 Å². The predicted octanol–water partition coefficient (Wildman–Crippen LogP) is 2.11. The zero-order valence-corrected chi connectivity index (χ0v) is 15.1. The molecule has 1 aromatic heterocycles. The van der Waals surface area contributed by atoms with Gasteiger partial charge >= 0.3 is 0 Å². The maximum absolute atomic E-state index is 11.2. The first kappa shape index (κ1) is 13.8. The molecule has 9 heteroatoms. The van der Waals surface area contributed by atoms with Crippen molar-refractivity contribution in [3.05, 3.63) is 23.8 Å². The molecule has 3 heterocycles. The van der Waals surface area contributed by atoms with Gasteiger partial charge in [-0.05, 0) is 24.5 Å². The summed E-state index contributed by atoms with van der Waals surface area (Å²) in [6.45, 7) is 1.75. The molecule has 1 unspecified atom stereocenters. The van der Waals surface area contributed by atoms with E-state index in [0.29, 0.717) is 53.5 Å². The summed E-state index contributed by atoms with van der Waals surface area (Å²) in [6, 6.07) is 4.58. The molecule has 138 valence electrons. The fourth-order valence-corrected chi connectivity index (χ4v) is 3.85. The van der Waals surface area contributed by atoms with Gasteiger partial charge in [-0.1, -0.05) is 17.4 Å². The normalized spacial score (nSPS) is 20.2. The van der Waals surface area contributed by atoms with E-state index in [0.717, 1.165) is 0 Å². The number of fused-ring (bicyclic) bond motifs is 1. The molecule has 0 radical (unpaired) electrons. The van der Waals surface area contributed by atoms with Crippen LogP contribution in [0.1, 0.15) is 29.5 Å². The van der Waals surface area contributed by atoms with E-state index in [1.165, 1.54) is 18.3 Å². The summed E-state index contributed by atoms with van der Waals surface area (Å²) in [5.74, 6) is 1.02. The molecule has 1 saturated heterocycles. The molecule has 0 spiro atoms. The highest BCUT2D eigenvalue weighted by molar-refractivity contribution is 7.19. The van der Waals surface area contributed by atoms with E-state index in [1.807, 2.05) is 4.90 Å². The van der Waals surface area contributed by atoms with Gasteiger partial charge in [-0.15, -0.1) is 10.2 Å². The summed E-state index contributed by atoms with van der Waals surface area (Å²) in [4.78, 5) is 15.2. The maximum Gasteiger partial charge on any atom is 0.231 e. The van der Waals surface area contributed by atoms with Gasteiger partial charge in [0.05, 0.1) is 0 Å². The fraction of sp³-hybridized carbons (Fsp3) is 0.471. The van der Waals surface area contributed by atoms with Gasteiger partial charge in [0.2, 0.25) is 23.0 Å². The van der Waals surface area contributed by atoms with E-state index in [2.05, 4.69) is 20.4 Å². The molecular weight excluding hydrogens is 354 g/mol. The van der Waals surface area contributed by atoms with Gasteiger partial charge in [-0.25, -0.2) is 0 Å². The Morgan fingerprint density at radius 3 is 2.85 bits per heavy atom. The summed E-state index contributed by atoms with van der Waals surface area (Å²) in [7, 11) is 0. The van der Waals surface area contributed by atoms with Crippen LogP contribution in [-0.2, 0) is 4.79 Å². The second-order valence-corrected chi connectivity index (χ2v) is 7.07. The molecular formula is C17H21N5O3S. The zero-order valence-electron chi connectivity index (χ0n) is 17.3. The van der Waals surface area contributed by atoms with Crippen molar-refractivity contribution >= 4 is 27.5 Å². The van der Waals surface area contributed by atoms with Gasteiger partial charge in [0, 0.05) is 43.3 Å². The Hall–Kier alpha value is -2.39. The van der Waals surface area contributed by atoms with Gasteiger partial charge in [-0.3, -0.25) is 9.69 Å². The number of hydrogen-bond donors (Lipinski definition) is 1. The number of benzene rings is 1. The minimum atomic E-state index is -2.18. The van der Waals surface area contributed by atoms with Crippen LogP contribution in [0.4, 0.5) is 10.3 Å². The number of nitrogens with one attached hydrogen (secondary N) is 1. The fourth-order valence-electron chi connectivity index (χ4n) is 3.01. The SMILES string of the molecule is [2H]C([2H])([2H])C(c1ccc2c(c1)OCO2)N1CCN(c2nnc(NC(C)=O)s2)CC1. The molecule has 2 aromatic rings. The third-order valence-electron chi connectivity index (χ3n) is 4.36. The van der Waals surface area contributed by atoms with Gasteiger partial charge in [0.25, 0.3) is 0 Å². The maximum atomic E-state index is 11.2. The number of rotatable bonds is 4. The number of amides is 1. The van der Waals surface area contributed by atoms with Crippen molar-refractivity contribution in [3.63, 3.8) is 0 Å². The highest BCUT2D eigenvalue weighted by atomic mass is 32.1. The van der Waals surface area contributed by atoms with Crippen LogP contribution in [0, 0.1) is 0 Å². The van der Waals surface area contributed by atoms with E-state index >= 15 is 0 Å². The molecule has 0 bridgehead atoms. The number of piperazine rings is 1. The van der Waals surface area contributed by atoms with Crippen LogP contribution in [0.5, 0.6) is 11.5 Å². The molecule has 8 nitrogen and oxygen atoms in total. The highest BCUT2D eigenvalue weighted by Crippen LogP contribution is 2.35. The number of hydrogen-bond acceptors (Lipinski definition) is 8. The average Bonchev–Trinajstić information content (AvgIpc) is 3.30. The van der Waals surface area contributed by atoms with Gasteiger partial charge < -0.3 is 19.7 Å². The van der Waals surface area contributed by atoms with Crippen molar-refractivity contribution in [1.29, 1.82) is 0 Å². The van der Waals surface area contributed by atoms with Crippen molar-refractivity contribution in [2.24, 2.45) is 0 Å². The monoisotopic (exact) mass is 378 g/mol. The van der Waals surface area contributed by atoms with E-state index in [-0.39, 0.29) is 12.7 Å². The average molecular weight is 378 g/mol. The second kappa shape index (κ2) is 7.08. The Labute approximate surface area is 159 Å². The molecule has 1 amide bonds. The van der Waals surface area contributed by atoms with Crippen molar-refractivity contribution in [2.45, 2.75) is 19.8 Å². The number of aromatic nitrogens is 2. The van der Waals surface area contributed by atoms with Gasteiger partial charge in [-0.2, -0.15) is 0 Å². The Morgan fingerprint density at radius 1 is 1.27 bits per heavy atom. The van der Waals surface area contributed by atoms with E-state index in [4.69, 9.17) is 13.6 Å². The van der Waals surface area contributed by atoms with Crippen LogP contribution in [-0.4, -0.2) is 54.0 Å². The Kier molecular flexibility index (Phi) is 3.75. The van der Waals surface area contributed by atoms with Crippen LogP contribution in [0.25, 0.3) is 0 Å². The molecule has 0 aliphatic carbocycles. The third-order valence-corrected chi connectivity index (χ3v) is 5.26. The summed E-state index contributed by atoms with van der Waals surface area (Å²) in [6.07, 6.45) is 0. The van der Waals surface area contributed by atoms with Crippen LogP contribution in [0.3, 0.4) is 0 Å². The Morgan fingerprint density at radius 2 is 2.08 bits per heavy atom. The Balaban J connectivity index is 1.47. The zero-order chi connectivity index (χ0) is 20.6. The summed E-state index contributed by atoms with van der Waals surface area (Å²) in [5, 5.41) is 11.9. The molecule has 1 fully saturated rings. The Bertz CT molecular complexity index is 899. The minimum Gasteiger partial charge on any atom is -0.454 e. The smallest absolute Gasteiger partial charge is 0.231 e. The van der Waals surface area contributed by atoms with E-state index in [1.54, 1.807) is 18.2 Å². The van der Waals surface area contributed by atoms with Crippen molar-refractivity contribution in [3.8, 4) is 11.5 Å². The molecule has 1 aromatic carbocycles. The third kappa shape index (κ3) is 3.45.